The number of thioether (sulfide) groups is 1. The molecule has 0 saturated heterocycles. The number of nitrogens with zero attached hydrogens (tertiary/aromatic N) is 2. The number of aromatic amines is 1. The van der Waals surface area contributed by atoms with Gasteiger partial charge in [0.1, 0.15) is 0 Å². The second kappa shape index (κ2) is 7.63. The van der Waals surface area contributed by atoms with E-state index in [-0.39, 0.29) is 11.2 Å². The minimum absolute atomic E-state index is 0.0848. The van der Waals surface area contributed by atoms with Gasteiger partial charge in [-0.2, -0.15) is 0 Å². The molecule has 0 radical (unpaired) electrons. The Labute approximate surface area is 152 Å². The van der Waals surface area contributed by atoms with Crippen LogP contribution in [0.2, 0.25) is 0 Å². The number of halogens is 1. The molecule has 3 rings (SSSR count). The van der Waals surface area contributed by atoms with Crippen LogP contribution in [-0.4, -0.2) is 26.3 Å². The summed E-state index contributed by atoms with van der Waals surface area (Å²) in [6.45, 7) is 1.83. The molecule has 122 valence electrons. The monoisotopic (exact) mass is 402 g/mol. The van der Waals surface area contributed by atoms with E-state index in [1.807, 2.05) is 61.5 Å². The Kier molecular flexibility index (Phi) is 5.32. The summed E-state index contributed by atoms with van der Waals surface area (Å²) in [7, 11) is 0. The quantitative estimate of drug-likeness (QED) is 0.622. The fourth-order valence-corrected chi connectivity index (χ4v) is 3.25. The lowest BCUT2D eigenvalue weighted by Gasteiger charge is -2.09. The van der Waals surface area contributed by atoms with E-state index in [9.17, 15) is 4.79 Å². The zero-order chi connectivity index (χ0) is 16.9. The van der Waals surface area contributed by atoms with Crippen molar-refractivity contribution in [2.45, 2.75) is 17.3 Å². The highest BCUT2D eigenvalue weighted by molar-refractivity contribution is 9.10. The molecule has 3 aromatic rings. The lowest BCUT2D eigenvalue weighted by atomic mass is 10.2. The molecule has 1 amide bonds. The van der Waals surface area contributed by atoms with E-state index in [0.29, 0.717) is 11.0 Å². The summed E-state index contributed by atoms with van der Waals surface area (Å²) >= 11 is 4.81. The fourth-order valence-electron chi connectivity index (χ4n) is 2.05. The topological polar surface area (TPSA) is 70.7 Å². The summed E-state index contributed by atoms with van der Waals surface area (Å²) in [4.78, 5) is 16.7. The van der Waals surface area contributed by atoms with Gasteiger partial charge in [0.25, 0.3) is 0 Å². The Bertz CT molecular complexity index is 837. The molecule has 0 bridgehead atoms. The number of carbonyl (C=O) groups excluding carboxylic acids is 1. The van der Waals surface area contributed by atoms with E-state index in [0.717, 1.165) is 15.7 Å². The van der Waals surface area contributed by atoms with E-state index >= 15 is 0 Å². The molecule has 0 aliphatic rings. The maximum absolute atomic E-state index is 12.2. The van der Waals surface area contributed by atoms with Crippen LogP contribution >= 0.6 is 27.7 Å². The van der Waals surface area contributed by atoms with Crippen molar-refractivity contribution in [2.24, 2.45) is 0 Å². The fraction of sp³-hybridized carbons (Fsp3) is 0.118. The van der Waals surface area contributed by atoms with Crippen LogP contribution in [0.3, 0.4) is 0 Å². The van der Waals surface area contributed by atoms with Gasteiger partial charge in [-0.05, 0) is 25.1 Å². The first-order valence-corrected chi connectivity index (χ1v) is 9.00. The van der Waals surface area contributed by atoms with Crippen molar-refractivity contribution in [2.75, 3.05) is 5.32 Å². The number of anilines is 1. The average Bonchev–Trinajstić information content (AvgIpc) is 3.04. The lowest BCUT2D eigenvalue weighted by molar-refractivity contribution is -0.115. The van der Waals surface area contributed by atoms with E-state index in [4.69, 9.17) is 0 Å². The molecule has 0 aliphatic heterocycles. The highest BCUT2D eigenvalue weighted by Gasteiger charge is 2.18. The van der Waals surface area contributed by atoms with Crippen molar-refractivity contribution in [3.63, 3.8) is 0 Å². The first kappa shape index (κ1) is 16.7. The van der Waals surface area contributed by atoms with Gasteiger partial charge in [0.2, 0.25) is 11.1 Å². The molecule has 7 heteroatoms. The Morgan fingerprint density at radius 2 is 1.88 bits per heavy atom. The number of H-pyrrole nitrogens is 1. The van der Waals surface area contributed by atoms with Crippen LogP contribution in [0.1, 0.15) is 6.92 Å². The molecule has 0 fully saturated rings. The van der Waals surface area contributed by atoms with Crippen LogP contribution in [0.5, 0.6) is 0 Å². The SMILES string of the molecule is C[C@H](Sc1n[nH]c(-c2ccccc2Br)n1)C(=O)Nc1ccccc1. The molecule has 2 aromatic carbocycles. The average molecular weight is 403 g/mol. The summed E-state index contributed by atoms with van der Waals surface area (Å²) in [5.74, 6) is 0.582. The van der Waals surface area contributed by atoms with Crippen LogP contribution in [0.4, 0.5) is 5.69 Å². The largest absolute Gasteiger partial charge is 0.325 e. The van der Waals surface area contributed by atoms with E-state index < -0.39 is 0 Å². The second-order valence-electron chi connectivity index (χ2n) is 5.06. The van der Waals surface area contributed by atoms with Crippen molar-refractivity contribution in [3.8, 4) is 11.4 Å². The number of benzene rings is 2. The number of nitrogens with one attached hydrogen (secondary N) is 2. The van der Waals surface area contributed by atoms with Crippen molar-refractivity contribution in [3.05, 3.63) is 59.1 Å². The minimum atomic E-state index is -0.312. The van der Waals surface area contributed by atoms with Crippen LogP contribution < -0.4 is 5.32 Å². The van der Waals surface area contributed by atoms with Crippen molar-refractivity contribution >= 4 is 39.3 Å². The molecular weight excluding hydrogens is 388 g/mol. The van der Waals surface area contributed by atoms with Gasteiger partial charge in [-0.15, -0.1) is 5.10 Å². The van der Waals surface area contributed by atoms with Gasteiger partial charge in [-0.25, -0.2) is 4.98 Å². The molecule has 5 nitrogen and oxygen atoms in total. The third-order valence-corrected chi connectivity index (χ3v) is 4.94. The molecule has 0 saturated carbocycles. The van der Waals surface area contributed by atoms with Gasteiger partial charge in [0.05, 0.1) is 5.25 Å². The molecule has 0 spiro atoms. The first-order chi connectivity index (χ1) is 11.6. The van der Waals surface area contributed by atoms with Crippen LogP contribution in [-0.2, 0) is 4.79 Å². The number of para-hydroxylation sites is 1. The summed E-state index contributed by atoms with van der Waals surface area (Å²) in [6.07, 6.45) is 0. The number of aromatic nitrogens is 3. The van der Waals surface area contributed by atoms with Gasteiger partial charge in [0, 0.05) is 15.7 Å². The maximum atomic E-state index is 12.2. The number of hydrogen-bond donors (Lipinski definition) is 2. The number of amides is 1. The zero-order valence-corrected chi connectivity index (χ0v) is 15.3. The molecule has 2 N–H and O–H groups in total. The molecule has 1 aromatic heterocycles. The van der Waals surface area contributed by atoms with Crippen LogP contribution in [0.15, 0.2) is 64.2 Å². The summed E-state index contributed by atoms with van der Waals surface area (Å²) < 4.78 is 0.938. The van der Waals surface area contributed by atoms with E-state index in [2.05, 4.69) is 36.4 Å². The summed E-state index contributed by atoms with van der Waals surface area (Å²) in [6, 6.07) is 17.1. The highest BCUT2D eigenvalue weighted by Crippen LogP contribution is 2.27. The minimum Gasteiger partial charge on any atom is -0.325 e. The first-order valence-electron chi connectivity index (χ1n) is 7.33. The Hall–Kier alpha value is -2.12. The molecule has 1 heterocycles. The molecular formula is C17H15BrN4OS. The predicted molar refractivity (Wildman–Crippen MR) is 99.9 cm³/mol. The van der Waals surface area contributed by atoms with E-state index in [1.54, 1.807) is 0 Å². The van der Waals surface area contributed by atoms with Gasteiger partial charge >= 0.3 is 0 Å². The number of rotatable bonds is 5. The second-order valence-corrected chi connectivity index (χ2v) is 7.22. The number of carbonyl (C=O) groups is 1. The van der Waals surface area contributed by atoms with Gasteiger partial charge < -0.3 is 5.32 Å². The van der Waals surface area contributed by atoms with Gasteiger partial charge in [-0.3, -0.25) is 9.89 Å². The van der Waals surface area contributed by atoms with Gasteiger partial charge in [0.15, 0.2) is 5.82 Å². The van der Waals surface area contributed by atoms with Crippen LogP contribution in [0.25, 0.3) is 11.4 Å². The predicted octanol–water partition coefficient (Wildman–Crippen LogP) is 4.35. The standard InChI is InChI=1S/C17H15BrN4OS/c1-11(16(23)19-12-7-3-2-4-8-12)24-17-20-15(21-22-17)13-9-5-6-10-14(13)18/h2-11H,1H3,(H,19,23)(H,20,21,22)/t11-/m0/s1. The normalized spacial score (nSPS) is 11.9. The van der Waals surface area contributed by atoms with Crippen molar-refractivity contribution in [1.82, 2.24) is 15.2 Å². The molecule has 0 unspecified atom stereocenters. The number of hydrogen-bond acceptors (Lipinski definition) is 4. The van der Waals surface area contributed by atoms with Gasteiger partial charge in [-0.1, -0.05) is 64.1 Å². The Morgan fingerprint density at radius 1 is 1.17 bits per heavy atom. The summed E-state index contributed by atoms with van der Waals surface area (Å²) in [5.41, 5.74) is 1.71. The molecule has 1 atom stereocenters. The van der Waals surface area contributed by atoms with Crippen molar-refractivity contribution < 1.29 is 4.79 Å². The summed E-state index contributed by atoms with van der Waals surface area (Å²) in [5, 5.41) is 10.2. The smallest absolute Gasteiger partial charge is 0.237 e. The van der Waals surface area contributed by atoms with Crippen LogP contribution in [0, 0.1) is 0 Å². The maximum Gasteiger partial charge on any atom is 0.237 e. The molecule has 24 heavy (non-hydrogen) atoms. The highest BCUT2D eigenvalue weighted by atomic mass is 79.9. The Balaban J connectivity index is 1.66. The zero-order valence-electron chi connectivity index (χ0n) is 12.9. The molecule has 0 aliphatic carbocycles. The van der Waals surface area contributed by atoms with Crippen molar-refractivity contribution in [1.29, 1.82) is 0 Å². The Morgan fingerprint density at radius 3 is 2.62 bits per heavy atom. The third kappa shape index (κ3) is 4.04. The van der Waals surface area contributed by atoms with E-state index in [1.165, 1.54) is 11.8 Å². The lowest BCUT2D eigenvalue weighted by Crippen LogP contribution is -2.22. The third-order valence-electron chi connectivity index (χ3n) is 3.29.